The van der Waals surface area contributed by atoms with Gasteiger partial charge in [0.05, 0.1) is 23.9 Å². The molecular formula is C14H18BrN3O2. The zero-order valence-electron chi connectivity index (χ0n) is 11.4. The molecule has 0 aliphatic heterocycles. The van der Waals surface area contributed by atoms with Crippen molar-refractivity contribution in [3.05, 3.63) is 22.4 Å². The fourth-order valence-corrected chi connectivity index (χ4v) is 2.64. The third-order valence-electron chi connectivity index (χ3n) is 3.49. The number of carbonyl (C=O) groups excluding carboxylic acids is 1. The van der Waals surface area contributed by atoms with Gasteiger partial charge in [-0.1, -0.05) is 6.08 Å². The summed E-state index contributed by atoms with van der Waals surface area (Å²) in [4.78, 5) is 15.9. The first-order valence-electron chi connectivity index (χ1n) is 6.60. The number of pyridine rings is 1. The number of nitrogens with two attached hydrogens (primary N) is 2. The van der Waals surface area contributed by atoms with Crippen LogP contribution in [-0.2, 0) is 9.53 Å². The molecule has 0 amide bonds. The van der Waals surface area contributed by atoms with E-state index in [-0.39, 0.29) is 11.9 Å². The number of nitrogens with zero attached hydrogens (tertiary/aromatic N) is 1. The van der Waals surface area contributed by atoms with Gasteiger partial charge >= 0.3 is 5.97 Å². The summed E-state index contributed by atoms with van der Waals surface area (Å²) in [5.74, 6) is -0.176. The Hall–Kier alpha value is -1.56. The highest BCUT2D eigenvalue weighted by molar-refractivity contribution is 9.10. The fourth-order valence-electron chi connectivity index (χ4n) is 2.33. The minimum atomic E-state index is -0.121. The summed E-state index contributed by atoms with van der Waals surface area (Å²) in [5, 5.41) is 0. The number of esters is 1. The monoisotopic (exact) mass is 339 g/mol. The van der Waals surface area contributed by atoms with E-state index in [4.69, 9.17) is 16.2 Å². The van der Waals surface area contributed by atoms with Crippen molar-refractivity contribution >= 4 is 38.8 Å². The molecule has 0 fully saturated rings. The fraction of sp³-hybridized carbons (Fsp3) is 0.429. The Morgan fingerprint density at radius 3 is 2.85 bits per heavy atom. The van der Waals surface area contributed by atoms with E-state index in [0.29, 0.717) is 29.0 Å². The molecular weight excluding hydrogens is 322 g/mol. The van der Waals surface area contributed by atoms with Crippen LogP contribution in [0.5, 0.6) is 0 Å². The molecule has 1 aromatic heterocycles. The van der Waals surface area contributed by atoms with Crippen molar-refractivity contribution in [2.75, 3.05) is 18.1 Å². The van der Waals surface area contributed by atoms with Gasteiger partial charge in [0.2, 0.25) is 0 Å². The van der Waals surface area contributed by atoms with Gasteiger partial charge in [0.25, 0.3) is 0 Å². The van der Waals surface area contributed by atoms with Crippen molar-refractivity contribution < 1.29 is 9.53 Å². The molecule has 0 spiro atoms. The predicted octanol–water partition coefficient (Wildman–Crippen LogP) is 2.76. The van der Waals surface area contributed by atoms with Crippen molar-refractivity contribution in [2.24, 2.45) is 5.92 Å². The van der Waals surface area contributed by atoms with Crippen LogP contribution in [0.3, 0.4) is 0 Å². The van der Waals surface area contributed by atoms with E-state index >= 15 is 0 Å². The lowest BCUT2D eigenvalue weighted by Gasteiger charge is -2.21. The summed E-state index contributed by atoms with van der Waals surface area (Å²) in [6.45, 7) is 2.24. The second-order valence-corrected chi connectivity index (χ2v) is 5.49. The average molecular weight is 340 g/mol. The van der Waals surface area contributed by atoms with Gasteiger partial charge in [-0.25, -0.2) is 4.98 Å². The molecule has 0 radical (unpaired) electrons. The lowest BCUT2D eigenvalue weighted by atomic mass is 9.86. The van der Waals surface area contributed by atoms with Gasteiger partial charge in [-0.15, -0.1) is 0 Å². The smallest absolute Gasteiger partial charge is 0.309 e. The zero-order valence-corrected chi connectivity index (χ0v) is 12.9. The predicted molar refractivity (Wildman–Crippen MR) is 82.7 cm³/mol. The summed E-state index contributed by atoms with van der Waals surface area (Å²) in [6, 6.07) is 0. The third-order valence-corrected chi connectivity index (χ3v) is 4.12. The zero-order chi connectivity index (χ0) is 14.7. The Kier molecular flexibility index (Phi) is 4.65. The van der Waals surface area contributed by atoms with Crippen LogP contribution in [0.2, 0.25) is 0 Å². The molecule has 1 heterocycles. The summed E-state index contributed by atoms with van der Waals surface area (Å²) < 4.78 is 5.60. The van der Waals surface area contributed by atoms with Crippen LogP contribution >= 0.6 is 15.9 Å². The number of ether oxygens (including phenoxy) is 1. The second kappa shape index (κ2) is 6.26. The van der Waals surface area contributed by atoms with Crippen molar-refractivity contribution in [3.8, 4) is 0 Å². The molecule has 1 atom stereocenters. The number of halogens is 1. The summed E-state index contributed by atoms with van der Waals surface area (Å²) >= 11 is 3.25. The summed E-state index contributed by atoms with van der Waals surface area (Å²) in [6.07, 6.45) is 5.96. The molecule has 2 rings (SSSR count). The number of hydrogen-bond donors (Lipinski definition) is 2. The minimum absolute atomic E-state index is 0.0549. The number of nitrogen functional groups attached to an aromatic ring is 2. The molecule has 4 N–H and O–H groups in total. The number of rotatable bonds is 3. The summed E-state index contributed by atoms with van der Waals surface area (Å²) in [7, 11) is 0. The maximum absolute atomic E-state index is 11.7. The standard InChI is InChI=1S/C14H18BrN3O2/c1-2-20-14(19)9-5-3-8(4-6-9)10-7-18-13(15)12(17)11(10)16/h3,7,9H,2,4-6,17H2,1H3,(H2,16,18). The van der Waals surface area contributed by atoms with Crippen molar-refractivity contribution in [1.29, 1.82) is 0 Å². The Morgan fingerprint density at radius 1 is 1.50 bits per heavy atom. The molecule has 0 bridgehead atoms. The van der Waals surface area contributed by atoms with Gasteiger partial charge in [0.15, 0.2) is 0 Å². The first kappa shape index (κ1) is 14.8. The van der Waals surface area contributed by atoms with Crippen LogP contribution in [0.25, 0.3) is 5.57 Å². The number of allylic oxidation sites excluding steroid dienone is 2. The van der Waals surface area contributed by atoms with Gasteiger partial charge in [-0.2, -0.15) is 0 Å². The first-order valence-corrected chi connectivity index (χ1v) is 7.39. The quantitative estimate of drug-likeness (QED) is 0.652. The minimum Gasteiger partial charge on any atom is -0.466 e. The largest absolute Gasteiger partial charge is 0.466 e. The Bertz CT molecular complexity index is 558. The van der Waals surface area contributed by atoms with E-state index < -0.39 is 0 Å². The highest BCUT2D eigenvalue weighted by Crippen LogP contribution is 2.36. The SMILES string of the molecule is CCOC(=O)C1CC=C(c2cnc(Br)c(N)c2N)CC1. The number of carbonyl (C=O) groups is 1. The highest BCUT2D eigenvalue weighted by Gasteiger charge is 2.24. The van der Waals surface area contributed by atoms with Crippen LogP contribution in [0.15, 0.2) is 16.9 Å². The first-order chi connectivity index (χ1) is 9.54. The van der Waals surface area contributed by atoms with E-state index in [1.807, 2.05) is 13.0 Å². The third kappa shape index (κ3) is 2.95. The van der Waals surface area contributed by atoms with Crippen molar-refractivity contribution in [2.45, 2.75) is 26.2 Å². The van der Waals surface area contributed by atoms with E-state index in [1.165, 1.54) is 0 Å². The number of aromatic nitrogens is 1. The molecule has 108 valence electrons. The maximum atomic E-state index is 11.7. The number of anilines is 2. The van der Waals surface area contributed by atoms with Crippen LogP contribution in [0.1, 0.15) is 31.7 Å². The number of hydrogen-bond acceptors (Lipinski definition) is 5. The summed E-state index contributed by atoms with van der Waals surface area (Å²) in [5.41, 5.74) is 14.8. The molecule has 0 saturated heterocycles. The molecule has 5 nitrogen and oxygen atoms in total. The van der Waals surface area contributed by atoms with Gasteiger partial charge in [0, 0.05) is 11.8 Å². The lowest BCUT2D eigenvalue weighted by Crippen LogP contribution is -2.19. The van der Waals surface area contributed by atoms with Gasteiger partial charge in [-0.3, -0.25) is 4.79 Å². The van der Waals surface area contributed by atoms with Crippen LogP contribution in [-0.4, -0.2) is 17.6 Å². The average Bonchev–Trinajstić information content (AvgIpc) is 2.45. The molecule has 1 aliphatic carbocycles. The molecule has 0 saturated carbocycles. The molecule has 0 aromatic carbocycles. The van der Waals surface area contributed by atoms with E-state index in [0.717, 1.165) is 24.0 Å². The molecule has 1 unspecified atom stereocenters. The van der Waals surface area contributed by atoms with E-state index in [2.05, 4.69) is 20.9 Å². The normalized spacial score (nSPS) is 18.5. The molecule has 1 aliphatic rings. The van der Waals surface area contributed by atoms with E-state index in [9.17, 15) is 4.79 Å². The van der Waals surface area contributed by atoms with Crippen LogP contribution in [0, 0.1) is 5.92 Å². The highest BCUT2D eigenvalue weighted by atomic mass is 79.9. The van der Waals surface area contributed by atoms with Crippen molar-refractivity contribution in [3.63, 3.8) is 0 Å². The molecule has 1 aromatic rings. The van der Waals surface area contributed by atoms with Gasteiger partial charge < -0.3 is 16.2 Å². The molecule has 6 heteroatoms. The Morgan fingerprint density at radius 2 is 2.25 bits per heavy atom. The Balaban J connectivity index is 2.17. The topological polar surface area (TPSA) is 91.2 Å². The van der Waals surface area contributed by atoms with Gasteiger partial charge in [0.1, 0.15) is 4.60 Å². The lowest BCUT2D eigenvalue weighted by molar-refractivity contribution is -0.148. The van der Waals surface area contributed by atoms with Crippen molar-refractivity contribution in [1.82, 2.24) is 4.98 Å². The van der Waals surface area contributed by atoms with E-state index in [1.54, 1.807) is 6.20 Å². The van der Waals surface area contributed by atoms with Crippen LogP contribution < -0.4 is 11.5 Å². The van der Waals surface area contributed by atoms with Crippen LogP contribution in [0.4, 0.5) is 11.4 Å². The van der Waals surface area contributed by atoms with Gasteiger partial charge in [-0.05, 0) is 47.7 Å². The molecule has 20 heavy (non-hydrogen) atoms. The second-order valence-electron chi connectivity index (χ2n) is 4.74. The Labute approximate surface area is 126 Å². The maximum Gasteiger partial charge on any atom is 0.309 e.